The molecule has 0 radical (unpaired) electrons. The van der Waals surface area contributed by atoms with Crippen LogP contribution in [0.5, 0.6) is 0 Å². The van der Waals surface area contributed by atoms with E-state index in [1.165, 1.54) is 0 Å². The molecule has 1 aromatic heterocycles. The molecule has 2 rings (SSSR count). The third kappa shape index (κ3) is 4.37. The maximum absolute atomic E-state index is 12.3. The van der Waals surface area contributed by atoms with E-state index in [4.69, 9.17) is 0 Å². The smallest absolute Gasteiger partial charge is 0.272 e. The minimum Gasteiger partial charge on any atom is -0.337 e. The Labute approximate surface area is 124 Å². The van der Waals surface area contributed by atoms with E-state index in [9.17, 15) is 13.2 Å². The summed E-state index contributed by atoms with van der Waals surface area (Å²) in [7, 11) is -3.41. The lowest BCUT2D eigenvalue weighted by Crippen LogP contribution is -2.43. The summed E-state index contributed by atoms with van der Waals surface area (Å²) in [5, 5.41) is 0.895. The molecule has 1 aromatic rings. The first-order valence-electron chi connectivity index (χ1n) is 6.84. The average molecular weight is 309 g/mol. The van der Waals surface area contributed by atoms with Gasteiger partial charge in [-0.05, 0) is 30.9 Å². The van der Waals surface area contributed by atoms with E-state index < -0.39 is 10.0 Å². The normalized spacial score (nSPS) is 19.2. The number of piperidine rings is 1. The van der Waals surface area contributed by atoms with Crippen molar-refractivity contribution in [2.24, 2.45) is 5.92 Å². The first-order valence-corrected chi connectivity index (χ1v) is 8.39. The molecule has 0 aliphatic carbocycles. The Morgan fingerprint density at radius 2 is 2.33 bits per heavy atom. The van der Waals surface area contributed by atoms with Gasteiger partial charge in [-0.25, -0.2) is 13.1 Å². The molecule has 1 amide bonds. The molecule has 0 spiro atoms. The van der Waals surface area contributed by atoms with Gasteiger partial charge >= 0.3 is 0 Å². The van der Waals surface area contributed by atoms with Crippen molar-refractivity contribution in [3.8, 4) is 0 Å². The van der Waals surface area contributed by atoms with Crippen LogP contribution < -0.4 is 4.72 Å². The largest absolute Gasteiger partial charge is 0.337 e. The molecule has 2 heterocycles. The van der Waals surface area contributed by atoms with Gasteiger partial charge in [0, 0.05) is 31.2 Å². The summed E-state index contributed by atoms with van der Waals surface area (Å²) < 4.78 is 25.2. The average Bonchev–Trinajstić information content (AvgIpc) is 2.53. The van der Waals surface area contributed by atoms with Gasteiger partial charge in [0.15, 0.2) is 0 Å². The molecule has 1 N–H and O–H groups in total. The van der Waals surface area contributed by atoms with Crippen molar-refractivity contribution in [3.63, 3.8) is 0 Å². The fourth-order valence-corrected chi connectivity index (χ4v) is 2.95. The first kappa shape index (κ1) is 15.7. The van der Waals surface area contributed by atoms with E-state index in [0.29, 0.717) is 25.3 Å². The molecule has 114 valence electrons. The molecule has 6 nitrogen and oxygen atoms in total. The molecule has 1 aliphatic heterocycles. The van der Waals surface area contributed by atoms with Crippen molar-refractivity contribution < 1.29 is 13.2 Å². The number of nitrogens with one attached hydrogen (secondary N) is 1. The number of pyridine rings is 1. The highest BCUT2D eigenvalue weighted by molar-refractivity contribution is 7.92. The van der Waals surface area contributed by atoms with Crippen LogP contribution in [0.1, 0.15) is 23.3 Å². The molecule has 1 aliphatic rings. The lowest BCUT2D eigenvalue weighted by molar-refractivity contribution is 0.0670. The van der Waals surface area contributed by atoms with Crippen LogP contribution in [0.25, 0.3) is 0 Å². The number of carbonyl (C=O) groups excluding carboxylic acids is 1. The molecule has 1 fully saturated rings. The molecule has 21 heavy (non-hydrogen) atoms. The lowest BCUT2D eigenvalue weighted by Gasteiger charge is -2.32. The van der Waals surface area contributed by atoms with E-state index in [0.717, 1.165) is 18.2 Å². The minimum atomic E-state index is -3.41. The van der Waals surface area contributed by atoms with Crippen LogP contribution in [-0.4, -0.2) is 43.8 Å². The van der Waals surface area contributed by atoms with Crippen molar-refractivity contribution in [2.45, 2.75) is 12.8 Å². The summed E-state index contributed by atoms with van der Waals surface area (Å²) in [6.07, 6.45) is 3.34. The van der Waals surface area contributed by atoms with Crippen LogP contribution in [0.2, 0.25) is 0 Å². The highest BCUT2D eigenvalue weighted by atomic mass is 32.2. The minimum absolute atomic E-state index is 0.105. The Hall–Kier alpha value is -1.73. The molecule has 7 heteroatoms. The zero-order valence-electron chi connectivity index (χ0n) is 11.7. The Morgan fingerprint density at radius 3 is 3.00 bits per heavy atom. The summed E-state index contributed by atoms with van der Waals surface area (Å²) in [5.74, 6) is 0.00742. The zero-order chi connectivity index (χ0) is 15.3. The van der Waals surface area contributed by atoms with Crippen LogP contribution in [0.15, 0.2) is 36.4 Å². The van der Waals surface area contributed by atoms with Crippen LogP contribution in [0.4, 0.5) is 0 Å². The Bertz CT molecular complexity index is 601. The van der Waals surface area contributed by atoms with Crippen LogP contribution in [0, 0.1) is 5.92 Å². The number of likely N-dealkylation sites (tertiary alicyclic amines) is 1. The fourth-order valence-electron chi connectivity index (χ4n) is 2.36. The third-order valence-electron chi connectivity index (χ3n) is 3.48. The summed E-state index contributed by atoms with van der Waals surface area (Å²) in [6.45, 7) is 4.79. The van der Waals surface area contributed by atoms with Gasteiger partial charge in [0.2, 0.25) is 10.0 Å². The second kappa shape index (κ2) is 6.82. The lowest BCUT2D eigenvalue weighted by atomic mass is 9.98. The van der Waals surface area contributed by atoms with Crippen molar-refractivity contribution in [1.29, 1.82) is 0 Å². The number of sulfonamides is 1. The molecule has 0 saturated carbocycles. The van der Waals surface area contributed by atoms with Gasteiger partial charge in [-0.2, -0.15) is 0 Å². The van der Waals surface area contributed by atoms with Gasteiger partial charge in [0.25, 0.3) is 5.91 Å². The van der Waals surface area contributed by atoms with Crippen molar-refractivity contribution in [3.05, 3.63) is 42.1 Å². The summed E-state index contributed by atoms with van der Waals surface area (Å²) in [4.78, 5) is 18.1. The van der Waals surface area contributed by atoms with Gasteiger partial charge in [-0.15, -0.1) is 0 Å². The highest BCUT2D eigenvalue weighted by Gasteiger charge is 2.25. The first-order chi connectivity index (χ1) is 10.0. The number of nitrogens with zero attached hydrogens (tertiary/aromatic N) is 2. The van der Waals surface area contributed by atoms with Crippen molar-refractivity contribution in [1.82, 2.24) is 14.6 Å². The Morgan fingerprint density at radius 1 is 1.52 bits per heavy atom. The second-order valence-corrected chi connectivity index (χ2v) is 6.75. The standard InChI is InChI=1S/C14H19N3O3S/c1-2-21(19,20)16-10-12-6-5-9-17(11-12)14(18)13-7-3-4-8-15-13/h2-4,7-8,12,16H,1,5-6,9-11H2. The predicted octanol–water partition coefficient (Wildman–Crippen LogP) is 0.997. The van der Waals surface area contributed by atoms with Gasteiger partial charge in [0.05, 0.1) is 0 Å². The van der Waals surface area contributed by atoms with Gasteiger partial charge < -0.3 is 4.90 Å². The van der Waals surface area contributed by atoms with Crippen molar-refractivity contribution >= 4 is 15.9 Å². The van der Waals surface area contributed by atoms with Crippen LogP contribution >= 0.6 is 0 Å². The molecule has 0 bridgehead atoms. The monoisotopic (exact) mass is 309 g/mol. The number of hydrogen-bond acceptors (Lipinski definition) is 4. The summed E-state index contributed by atoms with van der Waals surface area (Å²) in [5.41, 5.74) is 0.421. The van der Waals surface area contributed by atoms with E-state index >= 15 is 0 Å². The third-order valence-corrected chi connectivity index (χ3v) is 4.49. The zero-order valence-corrected chi connectivity index (χ0v) is 12.6. The van der Waals surface area contributed by atoms with Gasteiger partial charge in [-0.3, -0.25) is 9.78 Å². The number of rotatable bonds is 5. The maximum Gasteiger partial charge on any atom is 0.272 e. The molecule has 1 atom stereocenters. The molecular formula is C14H19N3O3S. The number of hydrogen-bond donors (Lipinski definition) is 1. The maximum atomic E-state index is 12.3. The molecular weight excluding hydrogens is 290 g/mol. The van der Waals surface area contributed by atoms with E-state index in [-0.39, 0.29) is 11.8 Å². The molecule has 1 unspecified atom stereocenters. The van der Waals surface area contributed by atoms with Gasteiger partial charge in [-0.1, -0.05) is 12.6 Å². The summed E-state index contributed by atoms with van der Waals surface area (Å²) in [6, 6.07) is 5.23. The Kier molecular flexibility index (Phi) is 5.08. The SMILES string of the molecule is C=CS(=O)(=O)NCC1CCCN(C(=O)c2ccccn2)C1. The quantitative estimate of drug-likeness (QED) is 0.880. The number of aromatic nitrogens is 1. The van der Waals surface area contributed by atoms with E-state index in [1.807, 2.05) is 0 Å². The molecule has 1 saturated heterocycles. The number of carbonyl (C=O) groups is 1. The fraction of sp³-hybridized carbons (Fsp3) is 0.429. The predicted molar refractivity (Wildman–Crippen MR) is 80.0 cm³/mol. The molecule has 0 aromatic carbocycles. The highest BCUT2D eigenvalue weighted by Crippen LogP contribution is 2.17. The van der Waals surface area contributed by atoms with E-state index in [1.54, 1.807) is 29.3 Å². The number of amides is 1. The summed E-state index contributed by atoms with van der Waals surface area (Å²) >= 11 is 0. The van der Waals surface area contributed by atoms with Crippen LogP contribution in [0.3, 0.4) is 0 Å². The van der Waals surface area contributed by atoms with Crippen LogP contribution in [-0.2, 0) is 10.0 Å². The van der Waals surface area contributed by atoms with Crippen molar-refractivity contribution in [2.75, 3.05) is 19.6 Å². The van der Waals surface area contributed by atoms with E-state index in [2.05, 4.69) is 16.3 Å². The second-order valence-electron chi connectivity index (χ2n) is 5.03. The Balaban J connectivity index is 1.95. The van der Waals surface area contributed by atoms with Gasteiger partial charge in [0.1, 0.15) is 5.69 Å². The topological polar surface area (TPSA) is 79.4 Å².